The number of hydrogen-bond donors (Lipinski definition) is 1. The molecule has 0 spiro atoms. The van der Waals surface area contributed by atoms with E-state index in [1.54, 1.807) is 0 Å². The molecule has 0 aliphatic heterocycles. The molecule has 0 aromatic carbocycles. The van der Waals surface area contributed by atoms with E-state index in [0.717, 1.165) is 25.7 Å². The van der Waals surface area contributed by atoms with Crippen LogP contribution in [-0.4, -0.2) is 59.3 Å². The van der Waals surface area contributed by atoms with E-state index >= 15 is 4.39 Å². The molecule has 2 aliphatic rings. The minimum atomic E-state index is -2.20. The van der Waals surface area contributed by atoms with Crippen molar-refractivity contribution in [1.29, 1.82) is 0 Å². The number of rotatable bonds is 13. The number of halogens is 1. The predicted octanol–water partition coefficient (Wildman–Crippen LogP) is 9.47. The van der Waals surface area contributed by atoms with Crippen LogP contribution in [0.15, 0.2) is 12.2 Å². The first-order valence-corrected chi connectivity index (χ1v) is 23.4. The lowest BCUT2D eigenvalue weighted by Crippen LogP contribution is -2.45. The van der Waals surface area contributed by atoms with Gasteiger partial charge in [0.25, 0.3) is 0 Å². The van der Waals surface area contributed by atoms with Crippen LogP contribution in [0, 0.1) is 41.4 Å². The molecule has 2 aliphatic carbocycles. The predicted molar refractivity (Wildman–Crippen MR) is 190 cm³/mol. The lowest BCUT2D eigenvalue weighted by Gasteiger charge is -2.40. The lowest BCUT2D eigenvalue weighted by molar-refractivity contribution is -0.145. The van der Waals surface area contributed by atoms with Crippen LogP contribution in [0.1, 0.15) is 107 Å². The Kier molecular flexibility index (Phi) is 14.7. The van der Waals surface area contributed by atoms with Gasteiger partial charge in [-0.3, -0.25) is 4.79 Å². The summed E-state index contributed by atoms with van der Waals surface area (Å²) in [5.74, 6) is 5.11. The second-order valence-corrected chi connectivity index (χ2v) is 26.6. The van der Waals surface area contributed by atoms with Crippen LogP contribution in [-0.2, 0) is 18.4 Å². The van der Waals surface area contributed by atoms with E-state index in [1.165, 1.54) is 20.0 Å². The summed E-state index contributed by atoms with van der Waals surface area (Å²) in [7, 11) is -2.87. The smallest absolute Gasteiger partial charge is 0.308 e. The Labute approximate surface area is 278 Å². The molecular formula is C37H67FO5Si2. The molecule has 45 heavy (non-hydrogen) atoms. The monoisotopic (exact) mass is 666 g/mol. The Hall–Kier alpha value is -0.986. The van der Waals surface area contributed by atoms with Gasteiger partial charge in [0.15, 0.2) is 22.8 Å². The summed E-state index contributed by atoms with van der Waals surface area (Å²) in [5, 5.41) is 11.4. The number of aliphatic hydroxyl groups excluding tert-OH is 1. The number of aliphatic hydroxyl groups is 1. The molecule has 0 unspecified atom stereocenters. The lowest BCUT2D eigenvalue weighted by atomic mass is 9.88. The largest absolute Gasteiger partial charge is 0.469 e. The van der Waals surface area contributed by atoms with Crippen LogP contribution >= 0.6 is 0 Å². The fourth-order valence-electron chi connectivity index (χ4n) is 6.21. The molecule has 0 heterocycles. The fraction of sp³-hybridized carbons (Fsp3) is 0.865. The molecule has 0 aromatic heterocycles. The molecule has 0 amide bonds. The van der Waals surface area contributed by atoms with Crippen molar-refractivity contribution in [2.45, 2.75) is 168 Å². The van der Waals surface area contributed by atoms with Crippen molar-refractivity contribution in [3.8, 4) is 11.8 Å². The molecule has 8 heteroatoms. The van der Waals surface area contributed by atoms with Gasteiger partial charge < -0.3 is 18.7 Å². The zero-order valence-corrected chi connectivity index (χ0v) is 33.0. The summed E-state index contributed by atoms with van der Waals surface area (Å²) in [6, 6.07) is 0. The average Bonchev–Trinajstić information content (AvgIpc) is 3.51. The van der Waals surface area contributed by atoms with Gasteiger partial charge >= 0.3 is 5.97 Å². The molecular weight excluding hydrogens is 600 g/mol. The first-order chi connectivity index (χ1) is 20.6. The van der Waals surface area contributed by atoms with Crippen LogP contribution in [0.2, 0.25) is 36.3 Å². The van der Waals surface area contributed by atoms with Crippen molar-refractivity contribution in [2.24, 2.45) is 29.6 Å². The Balaban J connectivity index is 2.43. The summed E-state index contributed by atoms with van der Waals surface area (Å²) in [5.41, 5.74) is 0. The topological polar surface area (TPSA) is 65.0 Å². The summed E-state index contributed by atoms with van der Waals surface area (Å²) >= 11 is 0. The van der Waals surface area contributed by atoms with E-state index in [-0.39, 0.29) is 46.0 Å². The fourth-order valence-corrected chi connectivity index (χ4v) is 8.86. The van der Waals surface area contributed by atoms with Gasteiger partial charge in [0.05, 0.1) is 31.3 Å². The molecule has 9 atom stereocenters. The molecule has 2 saturated carbocycles. The highest BCUT2D eigenvalue weighted by Gasteiger charge is 2.50. The van der Waals surface area contributed by atoms with E-state index in [2.05, 4.69) is 106 Å². The Morgan fingerprint density at radius 1 is 1.04 bits per heavy atom. The summed E-state index contributed by atoms with van der Waals surface area (Å²) < 4.78 is 35.0. The maximum Gasteiger partial charge on any atom is 0.308 e. The number of esters is 1. The minimum Gasteiger partial charge on any atom is -0.469 e. The SMILES string of the molecule is CCCC[C@H](C)C[C@@H](/C=C/[C@@H]1[C@@H]([C@@H](F)C#C[C@H]2CC[C@@H](C(=O)OC)C2)[C@@H](O)C[C@H]1O[Si](C)(C)C(C)(C)C)O[Si](C)(C)C(C)(C)C. The van der Waals surface area contributed by atoms with E-state index < -0.39 is 34.8 Å². The maximum absolute atomic E-state index is 16.2. The van der Waals surface area contributed by atoms with Gasteiger partial charge in [-0.15, -0.1) is 0 Å². The number of methoxy groups -OCH3 is 1. The summed E-state index contributed by atoms with van der Waals surface area (Å²) in [6.45, 7) is 27.0. The van der Waals surface area contributed by atoms with Crippen molar-refractivity contribution < 1.29 is 27.9 Å². The number of carbonyl (C=O) groups excluding carboxylic acids is 1. The van der Waals surface area contributed by atoms with Crippen molar-refractivity contribution in [3.63, 3.8) is 0 Å². The number of carbonyl (C=O) groups is 1. The maximum atomic E-state index is 16.2. The molecule has 260 valence electrons. The third kappa shape index (κ3) is 11.3. The Morgan fingerprint density at radius 3 is 2.22 bits per heavy atom. The van der Waals surface area contributed by atoms with E-state index in [1.807, 2.05) is 0 Å². The second kappa shape index (κ2) is 16.4. The normalized spacial score (nSPS) is 28.5. The molecule has 1 N–H and O–H groups in total. The van der Waals surface area contributed by atoms with Crippen molar-refractivity contribution >= 4 is 22.6 Å². The van der Waals surface area contributed by atoms with Crippen LogP contribution in [0.4, 0.5) is 4.39 Å². The minimum absolute atomic E-state index is 0.0133. The number of unbranched alkanes of at least 4 members (excludes halogenated alkanes) is 1. The number of hydrogen-bond acceptors (Lipinski definition) is 5. The number of alkyl halides is 1. The van der Waals surface area contributed by atoms with Gasteiger partial charge in [0.1, 0.15) is 0 Å². The van der Waals surface area contributed by atoms with Crippen LogP contribution in [0.5, 0.6) is 0 Å². The molecule has 2 fully saturated rings. The second-order valence-electron chi connectivity index (χ2n) is 17.1. The van der Waals surface area contributed by atoms with E-state index in [9.17, 15) is 9.90 Å². The van der Waals surface area contributed by atoms with Gasteiger partial charge in [-0.1, -0.05) is 98.6 Å². The molecule has 5 nitrogen and oxygen atoms in total. The summed E-state index contributed by atoms with van der Waals surface area (Å²) in [6.07, 6.45) is 8.46. The standard InChI is InChI=1S/C37H67FO5Si2/c1-14-15-16-26(2)23-29(42-44(10,11)36(3,4)5)20-21-30-33(43-45(12,13)37(6,7)8)25-32(39)34(30)31(38)22-18-27-17-19-28(24-27)35(40)41-9/h20-21,26-34,39H,14-17,19,23-25H2,1-13H3/b21-20+/t26-,27+,28+,29+,30-,31-,32-,33+,34-/m0/s1. The first kappa shape index (κ1) is 40.2. The third-order valence-corrected chi connectivity index (χ3v) is 20.3. The van der Waals surface area contributed by atoms with Crippen molar-refractivity contribution in [1.82, 2.24) is 0 Å². The van der Waals surface area contributed by atoms with Gasteiger partial charge in [0, 0.05) is 17.8 Å². The first-order valence-electron chi connectivity index (χ1n) is 17.6. The van der Waals surface area contributed by atoms with Crippen molar-refractivity contribution in [3.05, 3.63) is 12.2 Å². The van der Waals surface area contributed by atoms with Crippen LogP contribution in [0.25, 0.3) is 0 Å². The highest BCUT2D eigenvalue weighted by atomic mass is 28.4. The van der Waals surface area contributed by atoms with Crippen LogP contribution in [0.3, 0.4) is 0 Å². The van der Waals surface area contributed by atoms with Crippen LogP contribution < -0.4 is 0 Å². The van der Waals surface area contributed by atoms with Gasteiger partial charge in [0.2, 0.25) is 0 Å². The molecule has 0 aromatic rings. The zero-order chi connectivity index (χ0) is 34.4. The molecule has 0 bridgehead atoms. The molecule has 0 radical (unpaired) electrons. The Bertz CT molecular complexity index is 1030. The van der Waals surface area contributed by atoms with E-state index in [4.69, 9.17) is 13.6 Å². The van der Waals surface area contributed by atoms with E-state index in [0.29, 0.717) is 18.8 Å². The van der Waals surface area contributed by atoms with Gasteiger partial charge in [-0.05, 0) is 74.3 Å². The quantitative estimate of drug-likeness (QED) is 0.0918. The number of ether oxygens (including phenoxy) is 1. The highest BCUT2D eigenvalue weighted by Crippen LogP contribution is 2.45. The van der Waals surface area contributed by atoms with Gasteiger partial charge in [-0.2, -0.15) is 0 Å². The summed E-state index contributed by atoms with van der Waals surface area (Å²) in [4.78, 5) is 12.0. The van der Waals surface area contributed by atoms with Gasteiger partial charge in [-0.25, -0.2) is 4.39 Å². The van der Waals surface area contributed by atoms with Crippen molar-refractivity contribution in [2.75, 3.05) is 7.11 Å². The average molecular weight is 667 g/mol. The third-order valence-electron chi connectivity index (χ3n) is 11.3. The molecule has 2 rings (SSSR count). The highest BCUT2D eigenvalue weighted by molar-refractivity contribution is 6.74. The molecule has 0 saturated heterocycles. The Morgan fingerprint density at radius 2 is 1.67 bits per heavy atom. The zero-order valence-electron chi connectivity index (χ0n) is 31.0.